The average Bonchev–Trinajstić information content (AvgIpc) is 3.37. The zero-order valence-corrected chi connectivity index (χ0v) is 15.9. The minimum absolute atomic E-state index is 0.0359. The van der Waals surface area contributed by atoms with Crippen LogP contribution < -0.4 is 15.5 Å². The zero-order chi connectivity index (χ0) is 20.4. The highest BCUT2D eigenvalue weighted by Gasteiger charge is 2.32. The number of benzene rings is 2. The van der Waals surface area contributed by atoms with Crippen LogP contribution in [-0.4, -0.2) is 43.8 Å². The number of anilines is 1. The largest absolute Gasteiger partial charge is 0.368 e. The van der Waals surface area contributed by atoms with E-state index in [-0.39, 0.29) is 30.7 Å². The van der Waals surface area contributed by atoms with Crippen LogP contribution in [0.15, 0.2) is 42.5 Å². The average molecular weight is 396 g/mol. The quantitative estimate of drug-likeness (QED) is 0.834. The standard InChI is InChI=1S/C22H22F2N4O/c23-17-4-1-14(2-5-17)15-3-6-21(16(9-15)11-25)28-8-7-19(13-28)27-22(29)20-10-18(24)12-26-20/h1-6,9,18-20,26H,7-8,10,12-13H2,(H,27,29)/t18?,19?,20-/m0/s1. The molecule has 2 aromatic rings. The molecular weight excluding hydrogens is 374 g/mol. The summed E-state index contributed by atoms with van der Waals surface area (Å²) in [5.74, 6) is -0.463. The molecule has 7 heteroatoms. The molecule has 0 aromatic heterocycles. The predicted molar refractivity (Wildman–Crippen MR) is 107 cm³/mol. The van der Waals surface area contributed by atoms with Crippen molar-refractivity contribution in [3.63, 3.8) is 0 Å². The summed E-state index contributed by atoms with van der Waals surface area (Å²) in [5.41, 5.74) is 3.05. The zero-order valence-electron chi connectivity index (χ0n) is 15.9. The Morgan fingerprint density at radius 2 is 1.97 bits per heavy atom. The highest BCUT2D eigenvalue weighted by Crippen LogP contribution is 2.29. The number of hydrogen-bond acceptors (Lipinski definition) is 4. The maximum atomic E-state index is 13.3. The van der Waals surface area contributed by atoms with E-state index in [0.29, 0.717) is 12.1 Å². The van der Waals surface area contributed by atoms with Gasteiger partial charge in [-0.05, 0) is 41.8 Å². The third kappa shape index (κ3) is 4.22. The van der Waals surface area contributed by atoms with Gasteiger partial charge in [0.1, 0.15) is 18.1 Å². The van der Waals surface area contributed by atoms with Gasteiger partial charge in [-0.1, -0.05) is 18.2 Å². The van der Waals surface area contributed by atoms with Crippen LogP contribution in [0.5, 0.6) is 0 Å². The third-order valence-corrected chi connectivity index (χ3v) is 5.56. The van der Waals surface area contributed by atoms with Crippen molar-refractivity contribution in [3.8, 4) is 17.2 Å². The number of carbonyl (C=O) groups is 1. The van der Waals surface area contributed by atoms with Crippen LogP contribution in [0.1, 0.15) is 18.4 Å². The van der Waals surface area contributed by atoms with E-state index in [0.717, 1.165) is 29.8 Å². The van der Waals surface area contributed by atoms with Crippen LogP contribution in [0.4, 0.5) is 14.5 Å². The first-order chi connectivity index (χ1) is 14.0. The van der Waals surface area contributed by atoms with Gasteiger partial charge in [0.05, 0.1) is 17.3 Å². The molecule has 0 spiro atoms. The minimum atomic E-state index is -0.969. The number of nitrogens with zero attached hydrogens (tertiary/aromatic N) is 2. The molecule has 2 aliphatic rings. The molecule has 0 bridgehead atoms. The van der Waals surface area contributed by atoms with E-state index in [1.807, 2.05) is 12.1 Å². The molecule has 150 valence electrons. The van der Waals surface area contributed by atoms with Crippen LogP contribution in [0, 0.1) is 17.1 Å². The Bertz CT molecular complexity index is 941. The molecule has 1 amide bonds. The van der Waals surface area contributed by atoms with Crippen molar-refractivity contribution in [2.45, 2.75) is 31.1 Å². The highest BCUT2D eigenvalue weighted by atomic mass is 19.1. The first kappa shape index (κ1) is 19.3. The summed E-state index contributed by atoms with van der Waals surface area (Å²) in [7, 11) is 0. The molecular formula is C22H22F2N4O. The van der Waals surface area contributed by atoms with E-state index in [1.165, 1.54) is 12.1 Å². The summed E-state index contributed by atoms with van der Waals surface area (Å²) in [4.78, 5) is 14.4. The number of carbonyl (C=O) groups excluding carboxylic acids is 1. The number of nitrogens with one attached hydrogen (secondary N) is 2. The Morgan fingerprint density at radius 3 is 2.66 bits per heavy atom. The van der Waals surface area contributed by atoms with E-state index in [1.54, 1.807) is 18.2 Å². The summed E-state index contributed by atoms with van der Waals surface area (Å²) in [6.07, 6.45) is 0.0111. The number of hydrogen-bond donors (Lipinski definition) is 2. The van der Waals surface area contributed by atoms with Gasteiger partial charge < -0.3 is 15.5 Å². The topological polar surface area (TPSA) is 68.2 Å². The Morgan fingerprint density at radius 1 is 1.21 bits per heavy atom. The van der Waals surface area contributed by atoms with Gasteiger partial charge in [-0.25, -0.2) is 8.78 Å². The number of amides is 1. The smallest absolute Gasteiger partial charge is 0.237 e. The molecule has 2 fully saturated rings. The molecule has 2 aromatic carbocycles. The Balaban J connectivity index is 1.44. The van der Waals surface area contributed by atoms with Crippen LogP contribution in [0.2, 0.25) is 0 Å². The molecule has 29 heavy (non-hydrogen) atoms. The van der Waals surface area contributed by atoms with Gasteiger partial charge in [0.2, 0.25) is 5.91 Å². The SMILES string of the molecule is N#Cc1cc(-c2ccc(F)cc2)ccc1N1CCC(NC(=O)[C@@H]2CC(F)CN2)C1. The molecule has 2 aliphatic heterocycles. The van der Waals surface area contributed by atoms with Crippen LogP contribution in [0.25, 0.3) is 11.1 Å². The monoisotopic (exact) mass is 396 g/mol. The highest BCUT2D eigenvalue weighted by molar-refractivity contribution is 5.82. The Labute approximate surface area is 168 Å². The molecule has 3 atom stereocenters. The van der Waals surface area contributed by atoms with Crippen molar-refractivity contribution < 1.29 is 13.6 Å². The van der Waals surface area contributed by atoms with Gasteiger partial charge in [-0.15, -0.1) is 0 Å². The summed E-state index contributed by atoms with van der Waals surface area (Å²) in [6, 6.07) is 13.5. The molecule has 2 saturated heterocycles. The fourth-order valence-electron chi connectivity index (χ4n) is 4.01. The lowest BCUT2D eigenvalue weighted by Crippen LogP contribution is -2.46. The molecule has 4 rings (SSSR count). The van der Waals surface area contributed by atoms with Gasteiger partial charge in [0.15, 0.2) is 0 Å². The lowest BCUT2D eigenvalue weighted by Gasteiger charge is -2.21. The number of nitriles is 1. The van der Waals surface area contributed by atoms with Crippen LogP contribution in [0.3, 0.4) is 0 Å². The molecule has 2 N–H and O–H groups in total. The van der Waals surface area contributed by atoms with Crippen LogP contribution >= 0.6 is 0 Å². The molecule has 0 aliphatic carbocycles. The molecule has 5 nitrogen and oxygen atoms in total. The maximum absolute atomic E-state index is 13.3. The van der Waals surface area contributed by atoms with Gasteiger partial charge in [0.25, 0.3) is 0 Å². The molecule has 0 saturated carbocycles. The van der Waals surface area contributed by atoms with Crippen molar-refractivity contribution in [2.75, 3.05) is 24.5 Å². The number of alkyl halides is 1. The first-order valence-electron chi connectivity index (χ1n) is 9.76. The van der Waals surface area contributed by atoms with Gasteiger partial charge >= 0.3 is 0 Å². The lowest BCUT2D eigenvalue weighted by atomic mass is 10.0. The number of rotatable bonds is 4. The van der Waals surface area contributed by atoms with Crippen molar-refractivity contribution >= 4 is 11.6 Å². The lowest BCUT2D eigenvalue weighted by molar-refractivity contribution is -0.123. The summed E-state index contributed by atoms with van der Waals surface area (Å²) in [6.45, 7) is 1.54. The fraction of sp³-hybridized carbons (Fsp3) is 0.364. The fourth-order valence-corrected chi connectivity index (χ4v) is 4.01. The second-order valence-corrected chi connectivity index (χ2v) is 7.58. The van der Waals surface area contributed by atoms with Crippen molar-refractivity contribution in [2.24, 2.45) is 0 Å². The Hall–Kier alpha value is -2.98. The van der Waals surface area contributed by atoms with Crippen molar-refractivity contribution in [1.29, 1.82) is 5.26 Å². The maximum Gasteiger partial charge on any atom is 0.237 e. The van der Waals surface area contributed by atoms with E-state index >= 15 is 0 Å². The van der Waals surface area contributed by atoms with Crippen molar-refractivity contribution in [3.05, 3.63) is 53.8 Å². The summed E-state index contributed by atoms with van der Waals surface area (Å²) < 4.78 is 26.4. The van der Waals surface area contributed by atoms with E-state index < -0.39 is 12.2 Å². The summed E-state index contributed by atoms with van der Waals surface area (Å²) >= 11 is 0. The van der Waals surface area contributed by atoms with E-state index in [9.17, 15) is 18.8 Å². The normalized spacial score (nSPS) is 23.8. The molecule has 2 unspecified atom stereocenters. The molecule has 0 radical (unpaired) electrons. The predicted octanol–water partition coefficient (Wildman–Crippen LogP) is 2.76. The van der Waals surface area contributed by atoms with Gasteiger partial charge in [-0.2, -0.15) is 5.26 Å². The third-order valence-electron chi connectivity index (χ3n) is 5.56. The van der Waals surface area contributed by atoms with E-state index in [4.69, 9.17) is 0 Å². The number of halogens is 2. The summed E-state index contributed by atoms with van der Waals surface area (Å²) in [5, 5.41) is 15.5. The van der Waals surface area contributed by atoms with E-state index in [2.05, 4.69) is 21.6 Å². The first-order valence-corrected chi connectivity index (χ1v) is 9.76. The minimum Gasteiger partial charge on any atom is -0.368 e. The van der Waals surface area contributed by atoms with Gasteiger partial charge in [0, 0.05) is 32.1 Å². The second-order valence-electron chi connectivity index (χ2n) is 7.58. The second kappa shape index (κ2) is 8.18. The molecule has 2 heterocycles. The van der Waals surface area contributed by atoms with Gasteiger partial charge in [-0.3, -0.25) is 4.79 Å². The Kier molecular flexibility index (Phi) is 5.45. The van der Waals surface area contributed by atoms with Crippen molar-refractivity contribution in [1.82, 2.24) is 10.6 Å². The van der Waals surface area contributed by atoms with Crippen LogP contribution in [-0.2, 0) is 4.79 Å².